The normalized spacial score (nSPS) is 22.0. The molecule has 164 valence electrons. The maximum Gasteiger partial charge on any atom is 0.228 e. The molecule has 0 radical (unpaired) electrons. The number of carbonyl (C=O) groups is 1. The number of aromatic nitrogens is 1. The molecule has 2 aromatic rings. The first kappa shape index (κ1) is 20.3. The summed E-state index contributed by atoms with van der Waals surface area (Å²) in [7, 11) is 0. The van der Waals surface area contributed by atoms with Gasteiger partial charge in [0.25, 0.3) is 0 Å². The summed E-state index contributed by atoms with van der Waals surface area (Å²) in [6.45, 7) is 7.93. The molecule has 1 aromatic heterocycles. The number of rotatable bonds is 4. The highest BCUT2D eigenvalue weighted by Crippen LogP contribution is 2.27. The minimum Gasteiger partial charge on any atom is -0.491 e. The number of ether oxygens (including phenoxy) is 2. The van der Waals surface area contributed by atoms with E-state index in [-0.39, 0.29) is 11.8 Å². The molecular formula is C24H30N4O3. The van der Waals surface area contributed by atoms with Crippen LogP contribution in [0.1, 0.15) is 17.5 Å². The summed E-state index contributed by atoms with van der Waals surface area (Å²) in [4.78, 5) is 24.1. The van der Waals surface area contributed by atoms with E-state index in [1.165, 1.54) is 5.56 Å². The number of piperazine rings is 1. The maximum atomic E-state index is 12.9. The van der Waals surface area contributed by atoms with Gasteiger partial charge in [-0.15, -0.1) is 0 Å². The molecule has 7 nitrogen and oxygen atoms in total. The Morgan fingerprint density at radius 3 is 2.74 bits per heavy atom. The van der Waals surface area contributed by atoms with Crippen molar-refractivity contribution in [2.24, 2.45) is 5.92 Å². The molecule has 0 aliphatic carbocycles. The zero-order valence-electron chi connectivity index (χ0n) is 17.9. The molecule has 0 unspecified atom stereocenters. The number of fused-ring (bicyclic) bond motifs is 1. The lowest BCUT2D eigenvalue weighted by Crippen LogP contribution is -2.46. The van der Waals surface area contributed by atoms with Crippen LogP contribution < -0.4 is 9.64 Å². The second kappa shape index (κ2) is 9.24. The maximum absolute atomic E-state index is 12.9. The Balaban J connectivity index is 1.21. The average molecular weight is 423 g/mol. The molecule has 31 heavy (non-hydrogen) atoms. The SMILES string of the molecule is O=C([C@@H]1CCOC1)N1CCOc2ccc(CN3CCN(c4ccccn4)CC3)cc2C1. The number of hydrogen-bond acceptors (Lipinski definition) is 6. The van der Waals surface area contributed by atoms with Gasteiger partial charge >= 0.3 is 0 Å². The zero-order chi connectivity index (χ0) is 21.0. The molecule has 7 heteroatoms. The first-order chi connectivity index (χ1) is 15.3. The van der Waals surface area contributed by atoms with Crippen LogP contribution in [0.25, 0.3) is 0 Å². The molecule has 5 rings (SSSR count). The highest BCUT2D eigenvalue weighted by Gasteiger charge is 2.29. The van der Waals surface area contributed by atoms with Crippen LogP contribution in [0.2, 0.25) is 0 Å². The number of carbonyl (C=O) groups excluding carboxylic acids is 1. The Bertz CT molecular complexity index is 893. The molecule has 0 spiro atoms. The fourth-order valence-electron chi connectivity index (χ4n) is 4.66. The fraction of sp³-hybridized carbons (Fsp3) is 0.500. The minimum absolute atomic E-state index is 0.000123. The third kappa shape index (κ3) is 4.67. The predicted molar refractivity (Wildman–Crippen MR) is 118 cm³/mol. The van der Waals surface area contributed by atoms with Crippen LogP contribution in [0.4, 0.5) is 5.82 Å². The van der Waals surface area contributed by atoms with Gasteiger partial charge in [0, 0.05) is 57.6 Å². The minimum atomic E-state index is 0.000123. The van der Waals surface area contributed by atoms with Crippen LogP contribution in [0, 0.1) is 5.92 Å². The van der Waals surface area contributed by atoms with Gasteiger partial charge in [-0.05, 0) is 36.2 Å². The van der Waals surface area contributed by atoms with E-state index in [2.05, 4.69) is 39.0 Å². The van der Waals surface area contributed by atoms with Crippen molar-refractivity contribution in [2.75, 3.05) is 57.4 Å². The van der Waals surface area contributed by atoms with Crippen LogP contribution in [-0.2, 0) is 22.6 Å². The molecule has 3 aliphatic heterocycles. The summed E-state index contributed by atoms with van der Waals surface area (Å²) in [5.74, 6) is 2.16. The van der Waals surface area contributed by atoms with Crippen LogP contribution >= 0.6 is 0 Å². The van der Waals surface area contributed by atoms with Crippen molar-refractivity contribution in [1.29, 1.82) is 0 Å². The van der Waals surface area contributed by atoms with Crippen molar-refractivity contribution in [3.63, 3.8) is 0 Å². The van der Waals surface area contributed by atoms with Crippen molar-refractivity contribution in [3.05, 3.63) is 53.7 Å². The number of amides is 1. The molecule has 3 aliphatic rings. The van der Waals surface area contributed by atoms with Gasteiger partial charge in [-0.2, -0.15) is 0 Å². The van der Waals surface area contributed by atoms with Crippen LogP contribution in [0.15, 0.2) is 42.6 Å². The molecule has 2 fully saturated rings. The third-order valence-corrected chi connectivity index (χ3v) is 6.45. The average Bonchev–Trinajstić information content (AvgIpc) is 3.27. The van der Waals surface area contributed by atoms with Gasteiger partial charge in [-0.3, -0.25) is 9.69 Å². The molecule has 0 bridgehead atoms. The summed E-state index contributed by atoms with van der Waals surface area (Å²) < 4.78 is 11.4. The lowest BCUT2D eigenvalue weighted by molar-refractivity contribution is -0.136. The van der Waals surface area contributed by atoms with E-state index >= 15 is 0 Å². The van der Waals surface area contributed by atoms with E-state index in [1.54, 1.807) is 0 Å². The first-order valence-corrected chi connectivity index (χ1v) is 11.3. The third-order valence-electron chi connectivity index (χ3n) is 6.45. The second-order valence-electron chi connectivity index (χ2n) is 8.56. The van der Waals surface area contributed by atoms with Gasteiger partial charge in [-0.1, -0.05) is 12.1 Å². The Hall–Kier alpha value is -2.64. The van der Waals surface area contributed by atoms with Gasteiger partial charge in [0.2, 0.25) is 5.91 Å². The van der Waals surface area contributed by atoms with Gasteiger partial charge in [0.1, 0.15) is 18.2 Å². The number of anilines is 1. The monoisotopic (exact) mass is 422 g/mol. The van der Waals surface area contributed by atoms with E-state index in [9.17, 15) is 4.79 Å². The number of benzene rings is 1. The predicted octanol–water partition coefficient (Wildman–Crippen LogP) is 2.16. The standard InChI is InChI=1S/C24H30N4O3/c29-24(20-6-13-30-18-20)28-12-14-31-22-5-4-19(15-21(22)17-28)16-26-8-10-27(11-9-26)23-3-1-2-7-25-23/h1-5,7,15,20H,6,8-14,16-18H2/t20-/m1/s1. The van der Waals surface area contributed by atoms with E-state index in [4.69, 9.17) is 9.47 Å². The molecule has 2 saturated heterocycles. The Morgan fingerprint density at radius 1 is 1.06 bits per heavy atom. The highest BCUT2D eigenvalue weighted by atomic mass is 16.5. The van der Waals surface area contributed by atoms with Crippen molar-refractivity contribution in [2.45, 2.75) is 19.5 Å². The number of pyridine rings is 1. The van der Waals surface area contributed by atoms with Gasteiger partial charge in [-0.25, -0.2) is 4.98 Å². The molecule has 4 heterocycles. The van der Waals surface area contributed by atoms with Crippen LogP contribution in [0.5, 0.6) is 5.75 Å². The summed E-state index contributed by atoms with van der Waals surface area (Å²) in [5, 5.41) is 0. The van der Waals surface area contributed by atoms with Crippen LogP contribution in [-0.4, -0.2) is 73.2 Å². The van der Waals surface area contributed by atoms with E-state index in [1.807, 2.05) is 23.2 Å². The van der Waals surface area contributed by atoms with E-state index < -0.39 is 0 Å². The van der Waals surface area contributed by atoms with Crippen LogP contribution in [0.3, 0.4) is 0 Å². The molecule has 1 aromatic carbocycles. The van der Waals surface area contributed by atoms with Crippen molar-refractivity contribution in [1.82, 2.24) is 14.8 Å². The summed E-state index contributed by atoms with van der Waals surface area (Å²) >= 11 is 0. The van der Waals surface area contributed by atoms with Crippen molar-refractivity contribution in [3.8, 4) is 5.75 Å². The van der Waals surface area contributed by atoms with Gasteiger partial charge < -0.3 is 19.3 Å². The quantitative estimate of drug-likeness (QED) is 0.753. The summed E-state index contributed by atoms with van der Waals surface area (Å²) in [6, 6.07) is 12.5. The largest absolute Gasteiger partial charge is 0.491 e. The molecule has 0 saturated carbocycles. The molecular weight excluding hydrogens is 392 g/mol. The lowest BCUT2D eigenvalue weighted by atomic mass is 10.1. The van der Waals surface area contributed by atoms with Crippen molar-refractivity contribution < 1.29 is 14.3 Å². The Morgan fingerprint density at radius 2 is 1.97 bits per heavy atom. The molecule has 1 amide bonds. The smallest absolute Gasteiger partial charge is 0.228 e. The number of hydrogen-bond donors (Lipinski definition) is 0. The molecule has 1 atom stereocenters. The molecule has 0 N–H and O–H groups in total. The summed E-state index contributed by atoms with van der Waals surface area (Å²) in [5.41, 5.74) is 2.38. The van der Waals surface area contributed by atoms with E-state index in [0.717, 1.165) is 56.3 Å². The Labute approximate surface area is 183 Å². The first-order valence-electron chi connectivity index (χ1n) is 11.3. The topological polar surface area (TPSA) is 58.1 Å². The van der Waals surface area contributed by atoms with Crippen molar-refractivity contribution >= 4 is 11.7 Å². The van der Waals surface area contributed by atoms with Gasteiger partial charge in [0.05, 0.1) is 19.1 Å². The highest BCUT2D eigenvalue weighted by molar-refractivity contribution is 5.79. The number of nitrogens with zero attached hydrogens (tertiary/aromatic N) is 4. The fourth-order valence-corrected chi connectivity index (χ4v) is 4.66. The van der Waals surface area contributed by atoms with Gasteiger partial charge in [0.15, 0.2) is 0 Å². The lowest BCUT2D eigenvalue weighted by Gasteiger charge is -2.35. The van der Waals surface area contributed by atoms with E-state index in [0.29, 0.717) is 32.9 Å². The Kier molecular flexibility index (Phi) is 6.04. The second-order valence-corrected chi connectivity index (χ2v) is 8.56. The summed E-state index contributed by atoms with van der Waals surface area (Å²) in [6.07, 6.45) is 2.68. The zero-order valence-corrected chi connectivity index (χ0v) is 17.9.